The van der Waals surface area contributed by atoms with Gasteiger partial charge in [0.25, 0.3) is 0 Å². The number of aromatic hydroxyl groups is 4. The van der Waals surface area contributed by atoms with E-state index in [2.05, 4.69) is 20.0 Å². The minimum Gasteiger partial charge on any atom is -0.507 e. The maximum atomic E-state index is 9.58. The van der Waals surface area contributed by atoms with E-state index in [9.17, 15) is 20.4 Å². The summed E-state index contributed by atoms with van der Waals surface area (Å²) in [6, 6.07) is 28.5. The standard InChI is InChI=1S/2C18H20N2O2.2Fe.H2O/c2*21-17-9-3-1-7-15(17)13-19-11-5-6-12-20-14-16-8-2-4-10-18(16)22;;;/h2*1-4,7-10,13-14,21-22H,5-6,11-12H2;;;1H2. The number of unbranched alkanes of at least 4 members (excludes halogenated alkanes) is 2. The molecule has 0 atom stereocenters. The predicted molar refractivity (Wildman–Crippen MR) is 184 cm³/mol. The van der Waals surface area contributed by atoms with Crippen LogP contribution in [0.5, 0.6) is 23.0 Å². The first kappa shape index (κ1) is 42.8. The number of hydrogen-bond acceptors (Lipinski definition) is 8. The number of hydrogen-bond donors (Lipinski definition) is 4. The van der Waals surface area contributed by atoms with Gasteiger partial charge in [-0.15, -0.1) is 0 Å². The van der Waals surface area contributed by atoms with Gasteiger partial charge in [-0.25, -0.2) is 0 Å². The van der Waals surface area contributed by atoms with E-state index in [0.717, 1.165) is 47.9 Å². The topological polar surface area (TPSA) is 162 Å². The third kappa shape index (κ3) is 17.3. The molecule has 4 aromatic rings. The van der Waals surface area contributed by atoms with Crippen LogP contribution in [0, 0.1) is 0 Å². The van der Waals surface area contributed by atoms with Crippen molar-refractivity contribution >= 4 is 24.9 Å². The zero-order chi connectivity index (χ0) is 31.2. The minimum atomic E-state index is 0. The number of phenolic OH excluding ortho intramolecular Hbond substituents is 4. The predicted octanol–water partition coefficient (Wildman–Crippen LogP) is 6.00. The molecule has 4 rings (SSSR count). The minimum absolute atomic E-state index is 0. The Hall–Kier alpha value is -4.24. The van der Waals surface area contributed by atoms with Gasteiger partial charge in [-0.05, 0) is 74.2 Å². The number of nitrogens with zero attached hydrogens (tertiary/aromatic N) is 4. The molecular weight excluding hydrogens is 680 g/mol. The molecule has 0 saturated heterocycles. The molecule has 0 amide bonds. The molecule has 0 aliphatic rings. The van der Waals surface area contributed by atoms with Crippen molar-refractivity contribution in [1.82, 2.24) is 0 Å². The summed E-state index contributed by atoms with van der Waals surface area (Å²) >= 11 is 0. The Morgan fingerprint density at radius 3 is 0.745 bits per heavy atom. The molecule has 11 heteroatoms. The van der Waals surface area contributed by atoms with Crippen LogP contribution in [0.3, 0.4) is 0 Å². The Kier molecular flexibility index (Phi) is 23.6. The van der Waals surface area contributed by atoms with Crippen molar-refractivity contribution in [2.75, 3.05) is 26.2 Å². The Morgan fingerprint density at radius 2 is 0.553 bits per heavy atom. The summed E-state index contributed by atoms with van der Waals surface area (Å²) < 4.78 is 0. The van der Waals surface area contributed by atoms with Gasteiger partial charge in [-0.2, -0.15) is 0 Å². The van der Waals surface area contributed by atoms with Crippen LogP contribution in [0.4, 0.5) is 0 Å². The van der Waals surface area contributed by atoms with E-state index < -0.39 is 0 Å². The van der Waals surface area contributed by atoms with E-state index >= 15 is 0 Å². The summed E-state index contributed by atoms with van der Waals surface area (Å²) in [5, 5.41) is 38.3. The maximum Gasteiger partial charge on any atom is 0.124 e. The number of aliphatic imine (C=N–C) groups is 4. The maximum absolute atomic E-state index is 9.58. The second kappa shape index (κ2) is 25.9. The smallest absolute Gasteiger partial charge is 0.124 e. The van der Waals surface area contributed by atoms with Gasteiger partial charge in [0.2, 0.25) is 0 Å². The molecular formula is C36H42Fe2N4O5. The monoisotopic (exact) mass is 722 g/mol. The van der Waals surface area contributed by atoms with E-state index in [1.54, 1.807) is 73.4 Å². The molecule has 6 N–H and O–H groups in total. The SMILES string of the molecule is O.Oc1ccccc1C=NCCCCN=Cc1ccccc1O.Oc1ccccc1C=NCCCCN=Cc1ccccc1O.[Fe].[Fe]. The number of rotatable bonds is 14. The largest absolute Gasteiger partial charge is 0.507 e. The summed E-state index contributed by atoms with van der Waals surface area (Å²) in [7, 11) is 0. The fraction of sp³-hybridized carbons (Fsp3) is 0.222. The normalized spacial score (nSPS) is 10.7. The van der Waals surface area contributed by atoms with Crippen molar-refractivity contribution in [3.8, 4) is 23.0 Å². The van der Waals surface area contributed by atoms with Crippen molar-refractivity contribution in [3.63, 3.8) is 0 Å². The number of para-hydroxylation sites is 4. The Morgan fingerprint density at radius 1 is 0.362 bits per heavy atom. The van der Waals surface area contributed by atoms with Crippen molar-refractivity contribution in [2.45, 2.75) is 25.7 Å². The van der Waals surface area contributed by atoms with E-state index in [-0.39, 0.29) is 62.6 Å². The molecule has 0 saturated carbocycles. The zero-order valence-electron chi connectivity index (χ0n) is 26.0. The van der Waals surface area contributed by atoms with Gasteiger partial charge < -0.3 is 25.9 Å². The van der Waals surface area contributed by atoms with Gasteiger partial charge in [0.15, 0.2) is 0 Å². The summed E-state index contributed by atoms with van der Waals surface area (Å²) in [6.45, 7) is 2.84. The molecule has 0 unspecified atom stereocenters. The van der Waals surface area contributed by atoms with E-state index in [0.29, 0.717) is 26.2 Å². The van der Waals surface area contributed by atoms with Gasteiger partial charge in [0.1, 0.15) is 23.0 Å². The molecule has 0 bridgehead atoms. The molecule has 0 heterocycles. The first-order valence-electron chi connectivity index (χ1n) is 14.7. The molecule has 0 radical (unpaired) electrons. The van der Waals surface area contributed by atoms with Crippen LogP contribution in [0.1, 0.15) is 47.9 Å². The number of phenols is 4. The summed E-state index contributed by atoms with van der Waals surface area (Å²) in [5.41, 5.74) is 2.94. The number of benzene rings is 4. The van der Waals surface area contributed by atoms with Crippen LogP contribution in [0.25, 0.3) is 0 Å². The van der Waals surface area contributed by atoms with Crippen LogP contribution < -0.4 is 0 Å². The van der Waals surface area contributed by atoms with Crippen LogP contribution in [0.2, 0.25) is 0 Å². The van der Waals surface area contributed by atoms with Crippen LogP contribution >= 0.6 is 0 Å². The average molecular weight is 722 g/mol. The van der Waals surface area contributed by atoms with Crippen LogP contribution in [0.15, 0.2) is 117 Å². The molecule has 9 nitrogen and oxygen atoms in total. The van der Waals surface area contributed by atoms with E-state index in [4.69, 9.17) is 0 Å². The van der Waals surface area contributed by atoms with E-state index in [1.165, 1.54) is 0 Å². The first-order chi connectivity index (χ1) is 21.5. The van der Waals surface area contributed by atoms with Crippen molar-refractivity contribution in [3.05, 3.63) is 119 Å². The Labute approximate surface area is 297 Å². The molecule has 47 heavy (non-hydrogen) atoms. The first-order valence-corrected chi connectivity index (χ1v) is 14.7. The summed E-state index contributed by atoms with van der Waals surface area (Å²) in [6.07, 6.45) is 10.5. The van der Waals surface area contributed by atoms with E-state index in [1.807, 2.05) is 48.5 Å². The molecule has 0 spiro atoms. The Bertz CT molecular complexity index is 1320. The van der Waals surface area contributed by atoms with Gasteiger partial charge in [0.05, 0.1) is 0 Å². The third-order valence-corrected chi connectivity index (χ3v) is 6.32. The third-order valence-electron chi connectivity index (χ3n) is 6.32. The van der Waals surface area contributed by atoms with Crippen molar-refractivity contribution in [1.29, 1.82) is 0 Å². The average Bonchev–Trinajstić information content (AvgIpc) is 3.03. The second-order valence-electron chi connectivity index (χ2n) is 9.79. The fourth-order valence-corrected chi connectivity index (χ4v) is 3.85. The van der Waals surface area contributed by atoms with Gasteiger partial charge in [-0.3, -0.25) is 20.0 Å². The van der Waals surface area contributed by atoms with Crippen LogP contribution in [-0.2, 0) is 34.1 Å². The molecule has 0 aliphatic heterocycles. The zero-order valence-corrected chi connectivity index (χ0v) is 28.2. The summed E-state index contributed by atoms with van der Waals surface area (Å²) in [5.74, 6) is 0.995. The Balaban J connectivity index is 0.000000846. The molecule has 0 aliphatic carbocycles. The van der Waals surface area contributed by atoms with Crippen LogP contribution in [-0.4, -0.2) is 76.9 Å². The van der Waals surface area contributed by atoms with Gasteiger partial charge in [0, 0.05) is 107 Å². The summed E-state index contributed by atoms with van der Waals surface area (Å²) in [4.78, 5) is 17.2. The molecule has 252 valence electrons. The molecule has 0 fully saturated rings. The second-order valence-corrected chi connectivity index (χ2v) is 9.79. The van der Waals surface area contributed by atoms with Crippen molar-refractivity contribution in [2.24, 2.45) is 20.0 Å². The molecule has 0 aromatic heterocycles. The fourth-order valence-electron chi connectivity index (χ4n) is 3.85. The van der Waals surface area contributed by atoms with Gasteiger partial charge >= 0.3 is 0 Å². The van der Waals surface area contributed by atoms with Crippen molar-refractivity contribution < 1.29 is 60.0 Å². The molecule has 4 aromatic carbocycles. The van der Waals surface area contributed by atoms with Gasteiger partial charge in [-0.1, -0.05) is 48.5 Å². The quantitative estimate of drug-likeness (QED) is 0.0714.